The van der Waals surface area contributed by atoms with Crippen LogP contribution in [-0.2, 0) is 27.3 Å². The molecule has 1 N–H and O–H groups in total. The summed E-state index contributed by atoms with van der Waals surface area (Å²) in [5, 5.41) is 14.7. The molecule has 0 fully saturated rings. The van der Waals surface area contributed by atoms with Crippen molar-refractivity contribution in [2.75, 3.05) is 18.2 Å². The predicted octanol–water partition coefficient (Wildman–Crippen LogP) is 1.48. The van der Waals surface area contributed by atoms with E-state index in [1.54, 1.807) is 11.6 Å². The number of anilines is 1. The summed E-state index contributed by atoms with van der Waals surface area (Å²) in [6, 6.07) is 0. The highest BCUT2D eigenvalue weighted by atomic mass is 32.2. The summed E-state index contributed by atoms with van der Waals surface area (Å²) in [5.41, 5.74) is 0.808. The van der Waals surface area contributed by atoms with Gasteiger partial charge in [0.25, 0.3) is 10.9 Å². The van der Waals surface area contributed by atoms with Crippen molar-refractivity contribution >= 4 is 28.6 Å². The average Bonchev–Trinajstić information content (AvgIpc) is 2.82. The van der Waals surface area contributed by atoms with E-state index < -0.39 is 17.1 Å². The lowest BCUT2D eigenvalue weighted by molar-refractivity contribution is -0.122. The second-order valence-electron chi connectivity index (χ2n) is 5.47. The van der Waals surface area contributed by atoms with Gasteiger partial charge in [0.2, 0.25) is 0 Å². The van der Waals surface area contributed by atoms with E-state index in [0.29, 0.717) is 35.8 Å². The number of aliphatic hydroxyl groups excluding tert-OH is 1. The van der Waals surface area contributed by atoms with Crippen molar-refractivity contribution in [1.29, 1.82) is 0 Å². The third kappa shape index (κ3) is 3.13. The molecule has 0 spiro atoms. The number of Topliss-reactive ketones (excluding diaryl/α,β-unsaturated/α-hetero) is 1. The van der Waals surface area contributed by atoms with E-state index in [4.69, 9.17) is 0 Å². The molecule has 2 rings (SSSR count). The molecule has 0 saturated heterocycles. The van der Waals surface area contributed by atoms with Crippen molar-refractivity contribution < 1.29 is 19.2 Å². The molecule has 1 amide bonds. The minimum atomic E-state index is -1.35. The molecule has 8 heteroatoms. The topological polar surface area (TPSA) is 98.5 Å². The van der Waals surface area contributed by atoms with Crippen LogP contribution in [0.4, 0.5) is 5.69 Å². The molecule has 0 saturated carbocycles. The van der Waals surface area contributed by atoms with E-state index in [1.807, 2.05) is 6.92 Å². The number of ketones is 1. The highest BCUT2D eigenvalue weighted by Crippen LogP contribution is 2.31. The number of aryl methyl sites for hydroxylation is 2. The van der Waals surface area contributed by atoms with Crippen LogP contribution >= 0.6 is 0 Å². The Labute approximate surface area is 138 Å². The zero-order chi connectivity index (χ0) is 17.3. The first-order valence-electron chi connectivity index (χ1n) is 7.43. The zero-order valence-corrected chi connectivity index (χ0v) is 14.6. The van der Waals surface area contributed by atoms with Gasteiger partial charge in [-0.25, -0.2) is 4.68 Å². The summed E-state index contributed by atoms with van der Waals surface area (Å²) in [4.78, 5) is 26.0. The summed E-state index contributed by atoms with van der Waals surface area (Å²) in [5.74, 6) is -1.11. The smallest absolute Gasteiger partial charge is 0.267 e. The molecule has 126 valence electrons. The van der Waals surface area contributed by atoms with E-state index in [-0.39, 0.29) is 23.5 Å². The standard InChI is InChI=1S/C15H21N3O4S/c1-5-18-15(23(4)22)13(9(2)16-18)17(3)14(21)12-10(19)7-6-8-11(12)20/h19H,5-8H2,1-4H3. The molecule has 1 aromatic heterocycles. The summed E-state index contributed by atoms with van der Waals surface area (Å²) < 4.78 is 13.7. The number of carbonyl (C=O) groups excluding carboxylic acids is 2. The van der Waals surface area contributed by atoms with Crippen LogP contribution in [0.25, 0.3) is 0 Å². The van der Waals surface area contributed by atoms with Gasteiger partial charge < -0.3 is 14.6 Å². The van der Waals surface area contributed by atoms with Crippen molar-refractivity contribution in [1.82, 2.24) is 9.78 Å². The Kier molecular flexibility index (Phi) is 5.16. The van der Waals surface area contributed by atoms with E-state index in [9.17, 15) is 19.2 Å². The number of aliphatic hydroxyl groups is 1. The number of amides is 1. The van der Waals surface area contributed by atoms with Gasteiger partial charge in [0, 0.05) is 37.6 Å². The largest absolute Gasteiger partial charge is 0.610 e. The monoisotopic (exact) mass is 339 g/mol. The molecule has 23 heavy (non-hydrogen) atoms. The third-order valence-corrected chi connectivity index (χ3v) is 4.81. The summed E-state index contributed by atoms with van der Waals surface area (Å²) in [6.07, 6.45) is 2.63. The Morgan fingerprint density at radius 2 is 2.13 bits per heavy atom. The fourth-order valence-corrected chi connectivity index (χ4v) is 3.80. The quantitative estimate of drug-likeness (QED) is 0.662. The van der Waals surface area contributed by atoms with E-state index in [0.717, 1.165) is 0 Å². The highest BCUT2D eigenvalue weighted by Gasteiger charge is 2.34. The SMILES string of the molecule is CCn1nc(C)c(N(C)C(=O)C2=C(O)CCCC2=O)c1[S+](C)[O-]. The van der Waals surface area contributed by atoms with Crippen LogP contribution in [0.15, 0.2) is 16.4 Å². The first-order valence-corrected chi connectivity index (χ1v) is 8.99. The molecule has 1 aliphatic carbocycles. The number of allylic oxidation sites excluding steroid dienone is 1. The van der Waals surface area contributed by atoms with Crippen LogP contribution in [0.2, 0.25) is 0 Å². The number of carbonyl (C=O) groups is 2. The predicted molar refractivity (Wildman–Crippen MR) is 86.9 cm³/mol. The third-order valence-electron chi connectivity index (χ3n) is 3.86. The normalized spacial score (nSPS) is 16.7. The molecule has 1 atom stereocenters. The fourth-order valence-electron chi connectivity index (χ4n) is 2.78. The number of hydrogen-bond donors (Lipinski definition) is 1. The van der Waals surface area contributed by atoms with Gasteiger partial charge in [-0.3, -0.25) is 9.59 Å². The molecule has 1 aromatic rings. The van der Waals surface area contributed by atoms with E-state index in [2.05, 4.69) is 5.10 Å². The number of hydrogen-bond acceptors (Lipinski definition) is 5. The van der Waals surface area contributed by atoms with Gasteiger partial charge in [0.15, 0.2) is 5.78 Å². The van der Waals surface area contributed by atoms with Gasteiger partial charge in [0.05, 0.1) is 5.69 Å². The minimum Gasteiger partial charge on any atom is -0.610 e. The van der Waals surface area contributed by atoms with Crippen molar-refractivity contribution in [2.24, 2.45) is 0 Å². The second-order valence-corrected chi connectivity index (χ2v) is 6.77. The van der Waals surface area contributed by atoms with Crippen LogP contribution < -0.4 is 4.90 Å². The second kappa shape index (κ2) is 6.76. The Balaban J connectivity index is 2.49. The molecule has 0 aliphatic heterocycles. The van der Waals surface area contributed by atoms with Crippen molar-refractivity contribution in [3.63, 3.8) is 0 Å². The molecule has 1 unspecified atom stereocenters. The molecule has 0 aromatic carbocycles. The Morgan fingerprint density at radius 3 is 2.65 bits per heavy atom. The van der Waals surface area contributed by atoms with Crippen molar-refractivity contribution in [3.8, 4) is 0 Å². The van der Waals surface area contributed by atoms with Crippen LogP contribution in [-0.4, -0.2) is 44.4 Å². The summed E-state index contributed by atoms with van der Waals surface area (Å²) in [7, 11) is 1.50. The van der Waals surface area contributed by atoms with Crippen molar-refractivity contribution in [2.45, 2.75) is 44.7 Å². The number of rotatable bonds is 4. The lowest BCUT2D eigenvalue weighted by atomic mass is 9.95. The molecule has 1 heterocycles. The minimum absolute atomic E-state index is 0.169. The molecule has 1 aliphatic rings. The van der Waals surface area contributed by atoms with Gasteiger partial charge in [0.1, 0.15) is 23.3 Å². The molecule has 0 bridgehead atoms. The van der Waals surface area contributed by atoms with Crippen molar-refractivity contribution in [3.05, 3.63) is 17.0 Å². The van der Waals surface area contributed by atoms with Gasteiger partial charge in [-0.05, 0) is 20.3 Å². The average molecular weight is 339 g/mol. The summed E-state index contributed by atoms with van der Waals surface area (Å²) in [6.45, 7) is 4.11. The maximum Gasteiger partial charge on any atom is 0.267 e. The molecule has 0 radical (unpaired) electrons. The summed E-state index contributed by atoms with van der Waals surface area (Å²) >= 11 is -1.35. The van der Waals surface area contributed by atoms with Crippen LogP contribution in [0.1, 0.15) is 31.9 Å². The first kappa shape index (κ1) is 17.6. The van der Waals surface area contributed by atoms with Gasteiger partial charge in [-0.2, -0.15) is 5.10 Å². The molecular formula is C15H21N3O4S. The van der Waals surface area contributed by atoms with Crippen LogP contribution in [0.3, 0.4) is 0 Å². The van der Waals surface area contributed by atoms with Crippen LogP contribution in [0.5, 0.6) is 0 Å². The Bertz CT molecular complexity index is 679. The fraction of sp³-hybridized carbons (Fsp3) is 0.533. The number of nitrogens with zero attached hydrogens (tertiary/aromatic N) is 3. The molecule has 7 nitrogen and oxygen atoms in total. The van der Waals surface area contributed by atoms with Crippen LogP contribution in [0, 0.1) is 6.92 Å². The number of aromatic nitrogens is 2. The van der Waals surface area contributed by atoms with Gasteiger partial charge in [-0.1, -0.05) is 0 Å². The van der Waals surface area contributed by atoms with Gasteiger partial charge >= 0.3 is 0 Å². The maximum atomic E-state index is 12.7. The Hall–Kier alpha value is -1.80. The maximum absolute atomic E-state index is 12.7. The lowest BCUT2D eigenvalue weighted by Gasteiger charge is -2.22. The number of likely N-dealkylation sites (N-methyl/N-ethyl adjacent to an activating group) is 1. The Morgan fingerprint density at radius 1 is 1.48 bits per heavy atom. The highest BCUT2D eigenvalue weighted by molar-refractivity contribution is 7.90. The zero-order valence-electron chi connectivity index (χ0n) is 13.8. The van der Waals surface area contributed by atoms with Gasteiger partial charge in [-0.15, -0.1) is 0 Å². The van der Waals surface area contributed by atoms with E-state index in [1.165, 1.54) is 18.2 Å². The molecular weight excluding hydrogens is 318 g/mol. The van der Waals surface area contributed by atoms with E-state index >= 15 is 0 Å². The lowest BCUT2D eigenvalue weighted by Crippen LogP contribution is -2.34. The first-order chi connectivity index (χ1) is 10.8.